The van der Waals surface area contributed by atoms with Crippen LogP contribution in [0.1, 0.15) is 48.3 Å². The monoisotopic (exact) mass is 382 g/mol. The van der Waals surface area contributed by atoms with Crippen molar-refractivity contribution in [3.63, 3.8) is 0 Å². The molecule has 3 N–H and O–H groups in total. The summed E-state index contributed by atoms with van der Waals surface area (Å²) in [5, 5.41) is 9.53. The first kappa shape index (κ1) is 19.2. The van der Waals surface area contributed by atoms with Gasteiger partial charge in [0.15, 0.2) is 0 Å². The van der Waals surface area contributed by atoms with Crippen LogP contribution in [0.15, 0.2) is 36.7 Å². The summed E-state index contributed by atoms with van der Waals surface area (Å²) < 4.78 is 11.2. The van der Waals surface area contributed by atoms with E-state index < -0.39 is 5.54 Å². The van der Waals surface area contributed by atoms with Crippen molar-refractivity contribution in [1.82, 2.24) is 4.98 Å². The average Bonchev–Trinajstić information content (AvgIpc) is 3.14. The van der Waals surface area contributed by atoms with Crippen LogP contribution < -0.4 is 15.2 Å². The van der Waals surface area contributed by atoms with Crippen LogP contribution in [-0.2, 0) is 12.8 Å². The molecule has 5 heteroatoms. The number of pyridine rings is 1. The summed E-state index contributed by atoms with van der Waals surface area (Å²) in [5.41, 5.74) is 10.2. The maximum Gasteiger partial charge on any atom is 0.141 e. The number of nitrogens with two attached hydrogens (primary N) is 1. The molecule has 3 atom stereocenters. The molecule has 4 rings (SSSR count). The fourth-order valence-corrected chi connectivity index (χ4v) is 4.63. The number of hydrogen-bond donors (Lipinski definition) is 2. The van der Waals surface area contributed by atoms with E-state index in [2.05, 4.69) is 23.2 Å². The summed E-state index contributed by atoms with van der Waals surface area (Å²) in [6, 6.07) is 8.81. The summed E-state index contributed by atoms with van der Waals surface area (Å²) >= 11 is 0. The maximum atomic E-state index is 9.53. The standard InChI is InChI=1S/C23H30N2O3/c1-27-21-10-22(13-25-12-21)28-14-16-2-3-18-9-19(5-4-17(18)8-16)20-6-7-23(24,11-20)15-26/h4-5,9-10,12-13,16,20,26H,2-3,6-8,11,14-15,24H2,1H3/t16-,20+,23-/m1/s1. The summed E-state index contributed by atoms with van der Waals surface area (Å²) in [6.07, 6.45) is 9.55. The Kier molecular flexibility index (Phi) is 5.56. The SMILES string of the molecule is COc1cncc(OC[C@@H]2CCc3cc([C@H]4CC[C@](N)(CO)C4)ccc3C2)c1. The topological polar surface area (TPSA) is 77.6 Å². The minimum absolute atomic E-state index is 0.0823. The molecule has 2 aliphatic rings. The molecule has 0 saturated heterocycles. The number of rotatable bonds is 6. The molecule has 0 aliphatic heterocycles. The average molecular weight is 383 g/mol. The predicted molar refractivity (Wildman–Crippen MR) is 109 cm³/mol. The van der Waals surface area contributed by atoms with Crippen LogP contribution in [0.25, 0.3) is 0 Å². The normalized spacial score (nSPS) is 26.7. The Morgan fingerprint density at radius 3 is 2.82 bits per heavy atom. The van der Waals surface area contributed by atoms with Crippen LogP contribution in [0.5, 0.6) is 11.5 Å². The number of fused-ring (bicyclic) bond motifs is 1. The van der Waals surface area contributed by atoms with Gasteiger partial charge in [-0.25, -0.2) is 0 Å². The molecule has 1 heterocycles. The van der Waals surface area contributed by atoms with Crippen LogP contribution in [0.3, 0.4) is 0 Å². The summed E-state index contributed by atoms with van der Waals surface area (Å²) in [6.45, 7) is 0.782. The van der Waals surface area contributed by atoms with E-state index in [1.807, 2.05) is 6.07 Å². The van der Waals surface area contributed by atoms with Gasteiger partial charge in [-0.2, -0.15) is 0 Å². The minimum Gasteiger partial charge on any atom is -0.495 e. The molecular formula is C23H30N2O3. The van der Waals surface area contributed by atoms with Crippen molar-refractivity contribution in [3.05, 3.63) is 53.3 Å². The molecule has 0 bridgehead atoms. The molecule has 1 aromatic carbocycles. The second-order valence-electron chi connectivity index (χ2n) is 8.47. The van der Waals surface area contributed by atoms with Gasteiger partial charge >= 0.3 is 0 Å². The van der Waals surface area contributed by atoms with E-state index in [9.17, 15) is 5.11 Å². The lowest BCUT2D eigenvalue weighted by Gasteiger charge is -2.26. The molecule has 5 nitrogen and oxygen atoms in total. The number of methoxy groups -OCH3 is 1. The van der Waals surface area contributed by atoms with Crippen molar-refractivity contribution in [2.24, 2.45) is 11.7 Å². The third kappa shape index (κ3) is 4.15. The Bertz CT molecular complexity index is 825. The molecule has 1 saturated carbocycles. The molecule has 1 fully saturated rings. The molecule has 2 aromatic rings. The van der Waals surface area contributed by atoms with Gasteiger partial charge in [0.05, 0.1) is 32.7 Å². The number of benzene rings is 1. The second kappa shape index (κ2) is 8.10. The van der Waals surface area contributed by atoms with Gasteiger partial charge in [-0.3, -0.25) is 4.98 Å². The van der Waals surface area contributed by atoms with Crippen LogP contribution in [-0.4, -0.2) is 36.0 Å². The first-order valence-electron chi connectivity index (χ1n) is 10.2. The molecule has 28 heavy (non-hydrogen) atoms. The maximum absolute atomic E-state index is 9.53. The van der Waals surface area contributed by atoms with Gasteiger partial charge in [-0.1, -0.05) is 18.2 Å². The quantitative estimate of drug-likeness (QED) is 0.802. The lowest BCUT2D eigenvalue weighted by atomic mass is 9.82. The smallest absolute Gasteiger partial charge is 0.141 e. The zero-order chi connectivity index (χ0) is 19.6. The number of hydrogen-bond acceptors (Lipinski definition) is 5. The fourth-order valence-electron chi connectivity index (χ4n) is 4.63. The molecular weight excluding hydrogens is 352 g/mol. The van der Waals surface area contributed by atoms with E-state index in [1.54, 1.807) is 19.5 Å². The van der Waals surface area contributed by atoms with Crippen molar-refractivity contribution in [1.29, 1.82) is 0 Å². The van der Waals surface area contributed by atoms with Gasteiger partial charge < -0.3 is 20.3 Å². The van der Waals surface area contributed by atoms with E-state index in [0.29, 0.717) is 24.2 Å². The summed E-state index contributed by atoms with van der Waals surface area (Å²) in [7, 11) is 1.63. The Balaban J connectivity index is 1.37. The van der Waals surface area contributed by atoms with Crippen molar-refractivity contribution in [3.8, 4) is 11.5 Å². The van der Waals surface area contributed by atoms with Crippen LogP contribution in [0, 0.1) is 5.92 Å². The Labute approximate surface area is 166 Å². The molecule has 0 radical (unpaired) electrons. The first-order chi connectivity index (χ1) is 13.6. The highest BCUT2D eigenvalue weighted by atomic mass is 16.5. The number of aryl methyl sites for hydroxylation is 1. The Hall–Kier alpha value is -2.11. The van der Waals surface area contributed by atoms with Crippen molar-refractivity contribution >= 4 is 0 Å². The first-order valence-corrected chi connectivity index (χ1v) is 10.2. The zero-order valence-electron chi connectivity index (χ0n) is 16.6. The lowest BCUT2D eigenvalue weighted by Crippen LogP contribution is -2.40. The molecule has 2 aliphatic carbocycles. The van der Waals surface area contributed by atoms with Crippen LogP contribution in [0.2, 0.25) is 0 Å². The van der Waals surface area contributed by atoms with Gasteiger partial charge in [-0.15, -0.1) is 0 Å². The van der Waals surface area contributed by atoms with Crippen molar-refractivity contribution < 1.29 is 14.6 Å². The van der Waals surface area contributed by atoms with Gasteiger partial charge in [-0.05, 0) is 67.1 Å². The van der Waals surface area contributed by atoms with Gasteiger partial charge in [0.25, 0.3) is 0 Å². The van der Waals surface area contributed by atoms with Crippen molar-refractivity contribution in [2.45, 2.75) is 50.0 Å². The third-order valence-electron chi connectivity index (χ3n) is 6.40. The van der Waals surface area contributed by atoms with Gasteiger partial charge in [0.1, 0.15) is 11.5 Å². The highest BCUT2D eigenvalue weighted by Crippen LogP contribution is 2.40. The predicted octanol–water partition coefficient (Wildman–Crippen LogP) is 3.23. The van der Waals surface area contributed by atoms with Crippen molar-refractivity contribution in [2.75, 3.05) is 20.3 Å². The zero-order valence-corrected chi connectivity index (χ0v) is 16.6. The molecule has 150 valence electrons. The lowest BCUT2D eigenvalue weighted by molar-refractivity contribution is 0.198. The summed E-state index contributed by atoms with van der Waals surface area (Å²) in [5.74, 6) is 2.47. The Morgan fingerprint density at radius 2 is 2.04 bits per heavy atom. The molecule has 1 aromatic heterocycles. The number of nitrogens with zero attached hydrogens (tertiary/aromatic N) is 1. The number of aliphatic hydroxyl groups is 1. The third-order valence-corrected chi connectivity index (χ3v) is 6.40. The van der Waals surface area contributed by atoms with Crippen LogP contribution in [0.4, 0.5) is 0 Å². The number of aromatic nitrogens is 1. The molecule has 0 spiro atoms. The number of aliphatic hydroxyl groups excluding tert-OH is 1. The van der Waals surface area contributed by atoms with E-state index >= 15 is 0 Å². The highest BCUT2D eigenvalue weighted by Gasteiger charge is 2.36. The van der Waals surface area contributed by atoms with Gasteiger partial charge in [0, 0.05) is 11.6 Å². The highest BCUT2D eigenvalue weighted by molar-refractivity contribution is 5.37. The largest absolute Gasteiger partial charge is 0.495 e. The van der Waals surface area contributed by atoms with E-state index in [-0.39, 0.29) is 6.61 Å². The number of ether oxygens (including phenoxy) is 2. The second-order valence-corrected chi connectivity index (χ2v) is 8.47. The van der Waals surface area contributed by atoms with E-state index in [1.165, 1.54) is 16.7 Å². The summed E-state index contributed by atoms with van der Waals surface area (Å²) in [4.78, 5) is 4.14. The van der Waals surface area contributed by atoms with Crippen LogP contribution >= 0.6 is 0 Å². The van der Waals surface area contributed by atoms with E-state index in [4.69, 9.17) is 15.2 Å². The molecule has 0 unspecified atom stereocenters. The fraction of sp³-hybridized carbons (Fsp3) is 0.522. The van der Waals surface area contributed by atoms with E-state index in [0.717, 1.165) is 44.3 Å². The Morgan fingerprint density at radius 1 is 1.18 bits per heavy atom. The minimum atomic E-state index is -0.391. The van der Waals surface area contributed by atoms with Gasteiger partial charge in [0.2, 0.25) is 0 Å². The molecule has 0 amide bonds.